The largest absolute Gasteiger partial charge is 0.494 e. The number of thioether (sulfide) groups is 1. The van der Waals surface area contributed by atoms with E-state index in [0.29, 0.717) is 28.6 Å². The Morgan fingerprint density at radius 3 is 2.59 bits per heavy atom. The molecule has 3 rings (SSSR count). The summed E-state index contributed by atoms with van der Waals surface area (Å²) in [5, 5.41) is 22.5. The number of hydrogen-bond acceptors (Lipinski definition) is 7. The van der Waals surface area contributed by atoms with Crippen LogP contribution in [0.4, 0.5) is 11.4 Å². The highest BCUT2D eigenvalue weighted by molar-refractivity contribution is 7.99. The number of non-ortho nitro benzene ring substituents is 1. The first-order valence-corrected chi connectivity index (χ1v) is 9.78. The molecule has 0 atom stereocenters. The Bertz CT molecular complexity index is 994. The van der Waals surface area contributed by atoms with Crippen LogP contribution in [0.1, 0.15) is 6.92 Å². The Kier molecular flexibility index (Phi) is 6.75. The average molecular weight is 410 g/mol. The molecule has 0 radical (unpaired) electrons. The molecule has 1 amide bonds. The first-order valence-electron chi connectivity index (χ1n) is 8.79. The molecule has 0 saturated heterocycles. The van der Waals surface area contributed by atoms with Gasteiger partial charge in [-0.1, -0.05) is 23.9 Å². The third kappa shape index (κ3) is 5.76. The monoisotopic (exact) mass is 410 g/mol. The van der Waals surface area contributed by atoms with E-state index in [0.717, 1.165) is 5.75 Å². The number of carbonyl (C=O) groups excluding carboxylic acids is 1. The van der Waals surface area contributed by atoms with Crippen molar-refractivity contribution in [1.29, 1.82) is 0 Å². The molecule has 29 heavy (non-hydrogen) atoms. The highest BCUT2D eigenvalue weighted by Gasteiger charge is 2.10. The summed E-state index contributed by atoms with van der Waals surface area (Å²) in [5.74, 6) is 0.764. The minimum absolute atomic E-state index is 0.00582. The molecule has 1 heterocycles. The van der Waals surface area contributed by atoms with Gasteiger partial charge in [-0.3, -0.25) is 14.9 Å². The number of anilines is 1. The molecule has 1 aromatic heterocycles. The quantitative estimate of drug-likeness (QED) is 0.337. The predicted molar refractivity (Wildman–Crippen MR) is 111 cm³/mol. The molecule has 0 fully saturated rings. The molecule has 0 saturated carbocycles. The Morgan fingerprint density at radius 2 is 1.93 bits per heavy atom. The van der Waals surface area contributed by atoms with Crippen LogP contribution in [0, 0.1) is 10.1 Å². The van der Waals surface area contributed by atoms with E-state index in [9.17, 15) is 14.9 Å². The lowest BCUT2D eigenvalue weighted by Gasteiger charge is -2.07. The molecular weight excluding hydrogens is 392 g/mol. The molecular formula is C20H18N4O4S. The van der Waals surface area contributed by atoms with Crippen LogP contribution in [-0.2, 0) is 4.79 Å². The van der Waals surface area contributed by atoms with Crippen molar-refractivity contribution >= 4 is 29.0 Å². The molecule has 0 unspecified atom stereocenters. The van der Waals surface area contributed by atoms with E-state index in [2.05, 4.69) is 15.5 Å². The van der Waals surface area contributed by atoms with Gasteiger partial charge in [-0.2, -0.15) is 0 Å². The maximum absolute atomic E-state index is 12.1. The van der Waals surface area contributed by atoms with Crippen LogP contribution < -0.4 is 10.1 Å². The summed E-state index contributed by atoms with van der Waals surface area (Å²) in [6, 6.07) is 16.8. The van der Waals surface area contributed by atoms with E-state index in [1.165, 1.54) is 23.9 Å². The van der Waals surface area contributed by atoms with Crippen molar-refractivity contribution in [2.75, 3.05) is 17.7 Å². The second-order valence-corrected chi connectivity index (χ2v) is 6.85. The van der Waals surface area contributed by atoms with Gasteiger partial charge in [-0.25, -0.2) is 0 Å². The Hall–Kier alpha value is -3.46. The van der Waals surface area contributed by atoms with Crippen LogP contribution in [0.15, 0.2) is 65.7 Å². The number of hydrogen-bond donors (Lipinski definition) is 1. The van der Waals surface area contributed by atoms with E-state index < -0.39 is 4.92 Å². The Morgan fingerprint density at radius 1 is 1.14 bits per heavy atom. The maximum Gasteiger partial charge on any atom is 0.270 e. The number of nitro benzene ring substituents is 1. The van der Waals surface area contributed by atoms with Gasteiger partial charge in [0.15, 0.2) is 0 Å². The molecule has 0 aliphatic rings. The standard InChI is InChI=1S/C20H18N4O4S/c1-2-28-17-8-6-15(7-9-17)21-19(25)13-29-20-11-10-18(22-23-20)14-4-3-5-16(12-14)24(26)27/h3-12H,2,13H2,1H3,(H,21,25). The fourth-order valence-electron chi connectivity index (χ4n) is 2.47. The van der Waals surface area contributed by atoms with Crippen molar-refractivity contribution in [3.8, 4) is 17.0 Å². The maximum atomic E-state index is 12.1. The lowest BCUT2D eigenvalue weighted by atomic mass is 10.1. The summed E-state index contributed by atoms with van der Waals surface area (Å²) in [6.07, 6.45) is 0. The van der Waals surface area contributed by atoms with Crippen molar-refractivity contribution < 1.29 is 14.5 Å². The summed E-state index contributed by atoms with van der Waals surface area (Å²) >= 11 is 1.25. The zero-order chi connectivity index (χ0) is 20.6. The lowest BCUT2D eigenvalue weighted by Crippen LogP contribution is -2.14. The zero-order valence-corrected chi connectivity index (χ0v) is 16.4. The first-order chi connectivity index (χ1) is 14.0. The second kappa shape index (κ2) is 9.65. The van der Waals surface area contributed by atoms with Gasteiger partial charge in [0, 0.05) is 23.4 Å². The van der Waals surface area contributed by atoms with E-state index in [4.69, 9.17) is 4.74 Å². The Labute approximate surface area is 171 Å². The van der Waals surface area contributed by atoms with Crippen molar-refractivity contribution in [2.45, 2.75) is 11.9 Å². The molecule has 9 heteroatoms. The second-order valence-electron chi connectivity index (χ2n) is 5.86. The minimum Gasteiger partial charge on any atom is -0.494 e. The molecule has 0 spiro atoms. The predicted octanol–water partition coefficient (Wildman–Crippen LogP) is 4.18. The molecule has 0 aliphatic heterocycles. The van der Waals surface area contributed by atoms with Gasteiger partial charge in [0.25, 0.3) is 5.69 Å². The number of benzene rings is 2. The molecule has 148 valence electrons. The van der Waals surface area contributed by atoms with Crippen LogP contribution >= 0.6 is 11.8 Å². The SMILES string of the molecule is CCOc1ccc(NC(=O)CSc2ccc(-c3cccc([N+](=O)[O-])c3)nn2)cc1. The topological polar surface area (TPSA) is 107 Å². The normalized spacial score (nSPS) is 10.4. The van der Waals surface area contributed by atoms with E-state index in [-0.39, 0.29) is 17.3 Å². The highest BCUT2D eigenvalue weighted by atomic mass is 32.2. The van der Waals surface area contributed by atoms with Gasteiger partial charge >= 0.3 is 0 Å². The van der Waals surface area contributed by atoms with Gasteiger partial charge in [-0.05, 0) is 43.3 Å². The minimum atomic E-state index is -0.454. The van der Waals surface area contributed by atoms with Crippen LogP contribution in [-0.4, -0.2) is 33.4 Å². The molecule has 2 aromatic carbocycles. The number of amides is 1. The van der Waals surface area contributed by atoms with Crippen LogP contribution in [0.5, 0.6) is 5.75 Å². The molecule has 8 nitrogen and oxygen atoms in total. The highest BCUT2D eigenvalue weighted by Crippen LogP contribution is 2.23. The van der Waals surface area contributed by atoms with Crippen LogP contribution in [0.25, 0.3) is 11.3 Å². The molecule has 0 aliphatic carbocycles. The third-order valence-corrected chi connectivity index (χ3v) is 4.71. The van der Waals surface area contributed by atoms with Gasteiger partial charge < -0.3 is 10.1 Å². The van der Waals surface area contributed by atoms with Crippen molar-refractivity contribution in [3.05, 3.63) is 70.8 Å². The fraction of sp³-hybridized carbons (Fsp3) is 0.150. The van der Waals surface area contributed by atoms with Crippen LogP contribution in [0.2, 0.25) is 0 Å². The van der Waals surface area contributed by atoms with E-state index in [1.54, 1.807) is 48.5 Å². The number of rotatable bonds is 8. The summed E-state index contributed by atoms with van der Waals surface area (Å²) in [6.45, 7) is 2.50. The van der Waals surface area contributed by atoms with E-state index in [1.807, 2.05) is 6.92 Å². The van der Waals surface area contributed by atoms with Crippen LogP contribution in [0.3, 0.4) is 0 Å². The van der Waals surface area contributed by atoms with Crippen molar-refractivity contribution in [3.63, 3.8) is 0 Å². The van der Waals surface area contributed by atoms with Gasteiger partial charge in [0.05, 0.1) is 23.0 Å². The molecule has 0 bridgehead atoms. The number of aromatic nitrogens is 2. The number of nitrogens with one attached hydrogen (secondary N) is 1. The van der Waals surface area contributed by atoms with Gasteiger partial charge in [0.1, 0.15) is 10.8 Å². The van der Waals surface area contributed by atoms with E-state index >= 15 is 0 Å². The average Bonchev–Trinajstić information content (AvgIpc) is 2.74. The smallest absolute Gasteiger partial charge is 0.270 e. The third-order valence-electron chi connectivity index (χ3n) is 3.79. The van der Waals surface area contributed by atoms with Gasteiger partial charge in [-0.15, -0.1) is 10.2 Å². The van der Waals surface area contributed by atoms with Crippen molar-refractivity contribution in [1.82, 2.24) is 10.2 Å². The number of carbonyl (C=O) groups is 1. The lowest BCUT2D eigenvalue weighted by molar-refractivity contribution is -0.384. The number of nitrogens with zero attached hydrogens (tertiary/aromatic N) is 3. The molecule has 3 aromatic rings. The number of nitro groups is 1. The molecule has 1 N–H and O–H groups in total. The fourth-order valence-corrected chi connectivity index (χ4v) is 3.08. The first kappa shape index (κ1) is 20.3. The summed E-state index contributed by atoms with van der Waals surface area (Å²) < 4.78 is 5.37. The summed E-state index contributed by atoms with van der Waals surface area (Å²) in [7, 11) is 0. The van der Waals surface area contributed by atoms with Crippen molar-refractivity contribution in [2.24, 2.45) is 0 Å². The van der Waals surface area contributed by atoms with Gasteiger partial charge in [0.2, 0.25) is 5.91 Å². The zero-order valence-electron chi connectivity index (χ0n) is 15.6. The summed E-state index contributed by atoms with van der Waals surface area (Å²) in [4.78, 5) is 22.5. The Balaban J connectivity index is 1.55. The number of ether oxygens (including phenoxy) is 1. The summed E-state index contributed by atoms with van der Waals surface area (Å²) in [5.41, 5.74) is 1.81.